The summed E-state index contributed by atoms with van der Waals surface area (Å²) in [5.41, 5.74) is -1.92. The predicted molar refractivity (Wildman–Crippen MR) is 104 cm³/mol. The maximum absolute atomic E-state index is 13.8. The highest BCUT2D eigenvalue weighted by molar-refractivity contribution is 5.86. The molecule has 0 aliphatic carbocycles. The van der Waals surface area contributed by atoms with Crippen molar-refractivity contribution in [2.45, 2.75) is 25.1 Å². The number of carbonyl (C=O) groups excluding carboxylic acids is 1. The molecule has 6 nitrogen and oxygen atoms in total. The second-order valence-electron chi connectivity index (χ2n) is 6.91. The van der Waals surface area contributed by atoms with Gasteiger partial charge in [-0.05, 0) is 31.0 Å². The van der Waals surface area contributed by atoms with Gasteiger partial charge in [-0.3, -0.25) is 4.79 Å². The summed E-state index contributed by atoms with van der Waals surface area (Å²) in [7, 11) is 1.30. The van der Waals surface area contributed by atoms with E-state index in [1.807, 2.05) is 0 Å². The molecule has 31 heavy (non-hydrogen) atoms. The maximum atomic E-state index is 13.8. The first-order chi connectivity index (χ1) is 14.8. The predicted octanol–water partition coefficient (Wildman–Crippen LogP) is 4.57. The second kappa shape index (κ2) is 8.07. The first kappa shape index (κ1) is 20.9. The number of halogens is 3. The van der Waals surface area contributed by atoms with E-state index >= 15 is 0 Å². The fraction of sp³-hybridized carbons (Fsp3) is 0.273. The minimum absolute atomic E-state index is 0.0399. The van der Waals surface area contributed by atoms with Crippen LogP contribution in [-0.4, -0.2) is 25.8 Å². The van der Waals surface area contributed by atoms with Crippen LogP contribution in [-0.2, 0) is 15.7 Å². The van der Waals surface area contributed by atoms with Gasteiger partial charge in [-0.1, -0.05) is 18.2 Å². The smallest absolute Gasteiger partial charge is 0.450 e. The van der Waals surface area contributed by atoms with E-state index in [0.29, 0.717) is 19.4 Å². The third-order valence-electron chi connectivity index (χ3n) is 4.91. The number of ether oxygens (including phenoxy) is 3. The number of hydrogen-bond donors (Lipinski definition) is 0. The fourth-order valence-corrected chi connectivity index (χ4v) is 3.48. The third-order valence-corrected chi connectivity index (χ3v) is 4.91. The molecule has 3 aromatic rings. The molecule has 2 heterocycles. The Morgan fingerprint density at radius 2 is 1.94 bits per heavy atom. The number of hydrogen-bond acceptors (Lipinski definition) is 6. The van der Waals surface area contributed by atoms with Gasteiger partial charge in [0.1, 0.15) is 17.1 Å². The van der Waals surface area contributed by atoms with Gasteiger partial charge in [-0.25, -0.2) is 4.79 Å². The Labute approximate surface area is 174 Å². The first-order valence-corrected chi connectivity index (χ1v) is 9.44. The lowest BCUT2D eigenvalue weighted by molar-refractivity contribution is -0.152. The van der Waals surface area contributed by atoms with Crippen molar-refractivity contribution in [1.29, 1.82) is 0 Å². The van der Waals surface area contributed by atoms with Crippen molar-refractivity contribution in [2.24, 2.45) is 0 Å². The molecule has 162 valence electrons. The quantitative estimate of drug-likeness (QED) is 0.442. The summed E-state index contributed by atoms with van der Waals surface area (Å²) >= 11 is 0. The lowest BCUT2D eigenvalue weighted by Crippen LogP contribution is -2.24. The number of fused-ring (bicyclic) bond motifs is 1. The molecule has 1 saturated heterocycles. The van der Waals surface area contributed by atoms with Crippen molar-refractivity contribution >= 4 is 16.9 Å². The summed E-state index contributed by atoms with van der Waals surface area (Å²) in [5, 5.41) is -0.0918. The molecule has 9 heteroatoms. The third kappa shape index (κ3) is 4.00. The maximum Gasteiger partial charge on any atom is 0.450 e. The molecule has 2 aromatic carbocycles. The molecular weight excluding hydrogens is 417 g/mol. The summed E-state index contributed by atoms with van der Waals surface area (Å²) in [6.07, 6.45) is -4.45. The van der Waals surface area contributed by atoms with Gasteiger partial charge in [0.2, 0.25) is 11.2 Å². The number of methoxy groups -OCH3 is 1. The number of alkyl halides is 3. The number of para-hydroxylation sites is 1. The molecule has 4 rings (SSSR count). The molecule has 0 N–H and O–H groups in total. The zero-order valence-corrected chi connectivity index (χ0v) is 16.3. The zero-order valence-electron chi connectivity index (χ0n) is 16.3. The lowest BCUT2D eigenvalue weighted by Gasteiger charge is -2.15. The Morgan fingerprint density at radius 1 is 1.16 bits per heavy atom. The number of esters is 1. The van der Waals surface area contributed by atoms with E-state index in [9.17, 15) is 22.8 Å². The molecule has 1 unspecified atom stereocenters. The number of rotatable bonds is 4. The van der Waals surface area contributed by atoms with Gasteiger partial charge in [-0.15, -0.1) is 0 Å². The van der Waals surface area contributed by atoms with Crippen LogP contribution in [0.2, 0.25) is 0 Å². The standard InChI is InChI=1S/C22H17F3O6/c1-28-15-6-3-2-5-13(15)18-19(26)14-9-8-12(30-21(27)16-7-4-10-29-16)11-17(14)31-20(18)22(23,24)25/h2-3,5-6,8-9,11,16H,4,7,10H2,1H3. The summed E-state index contributed by atoms with van der Waals surface area (Å²) in [6, 6.07) is 9.55. The van der Waals surface area contributed by atoms with E-state index in [1.165, 1.54) is 37.4 Å². The van der Waals surface area contributed by atoms with Crippen molar-refractivity contribution in [1.82, 2.24) is 0 Å². The summed E-state index contributed by atoms with van der Waals surface area (Å²) in [6.45, 7) is 0.438. The van der Waals surface area contributed by atoms with E-state index in [1.54, 1.807) is 6.07 Å². The Balaban J connectivity index is 1.85. The van der Waals surface area contributed by atoms with E-state index in [-0.39, 0.29) is 28.0 Å². The second-order valence-corrected chi connectivity index (χ2v) is 6.91. The molecule has 0 radical (unpaired) electrons. The van der Waals surface area contributed by atoms with Crippen molar-refractivity contribution in [2.75, 3.05) is 13.7 Å². The topological polar surface area (TPSA) is 75.0 Å². The van der Waals surface area contributed by atoms with Crippen LogP contribution in [0.15, 0.2) is 51.7 Å². The van der Waals surface area contributed by atoms with Crippen LogP contribution < -0.4 is 14.9 Å². The average molecular weight is 434 g/mol. The Hall–Kier alpha value is -3.33. The average Bonchev–Trinajstić information content (AvgIpc) is 3.28. The van der Waals surface area contributed by atoms with Crippen LogP contribution in [0, 0.1) is 0 Å². The molecular formula is C22H17F3O6. The van der Waals surface area contributed by atoms with Crippen molar-refractivity contribution < 1.29 is 36.6 Å². The minimum Gasteiger partial charge on any atom is -0.496 e. The van der Waals surface area contributed by atoms with Gasteiger partial charge in [0.15, 0.2) is 6.10 Å². The van der Waals surface area contributed by atoms with Crippen molar-refractivity contribution in [3.8, 4) is 22.6 Å². The SMILES string of the molecule is COc1ccccc1-c1c(C(F)(F)F)oc2cc(OC(=O)C3CCCO3)ccc2c1=O. The minimum atomic E-state index is -4.95. The normalized spacial score (nSPS) is 16.5. The zero-order chi connectivity index (χ0) is 22.2. The van der Waals surface area contributed by atoms with E-state index in [2.05, 4.69) is 0 Å². The van der Waals surface area contributed by atoms with E-state index < -0.39 is 35.0 Å². The summed E-state index contributed by atoms with van der Waals surface area (Å²) in [4.78, 5) is 25.2. The summed E-state index contributed by atoms with van der Waals surface area (Å²) < 4.78 is 62.1. The molecule has 0 saturated carbocycles. The molecule has 0 amide bonds. The monoisotopic (exact) mass is 434 g/mol. The van der Waals surface area contributed by atoms with Crippen molar-refractivity contribution in [3.05, 3.63) is 58.4 Å². The van der Waals surface area contributed by atoms with Gasteiger partial charge < -0.3 is 18.6 Å². The number of carbonyl (C=O) groups is 1. The Bertz CT molecular complexity index is 1190. The first-order valence-electron chi connectivity index (χ1n) is 9.44. The van der Waals surface area contributed by atoms with Crippen LogP contribution in [0.25, 0.3) is 22.1 Å². The fourth-order valence-electron chi connectivity index (χ4n) is 3.48. The van der Waals surface area contributed by atoms with Crippen molar-refractivity contribution in [3.63, 3.8) is 0 Å². The van der Waals surface area contributed by atoms with Crippen LogP contribution in [0.4, 0.5) is 13.2 Å². The molecule has 0 spiro atoms. The molecule has 1 aliphatic rings. The highest BCUT2D eigenvalue weighted by atomic mass is 19.4. The lowest BCUT2D eigenvalue weighted by atomic mass is 10.0. The van der Waals surface area contributed by atoms with Gasteiger partial charge in [0.05, 0.1) is 18.1 Å². The van der Waals surface area contributed by atoms with Crippen LogP contribution in [0.3, 0.4) is 0 Å². The molecule has 1 aromatic heterocycles. The highest BCUT2D eigenvalue weighted by Gasteiger charge is 2.40. The van der Waals surface area contributed by atoms with Gasteiger partial charge in [-0.2, -0.15) is 13.2 Å². The number of benzene rings is 2. The van der Waals surface area contributed by atoms with Crippen LogP contribution in [0.1, 0.15) is 18.6 Å². The van der Waals surface area contributed by atoms with E-state index in [4.69, 9.17) is 18.6 Å². The summed E-state index contributed by atoms with van der Waals surface area (Å²) in [5.74, 6) is -2.06. The molecule has 1 atom stereocenters. The van der Waals surface area contributed by atoms with Crippen LogP contribution in [0.5, 0.6) is 11.5 Å². The van der Waals surface area contributed by atoms with Gasteiger partial charge in [0, 0.05) is 18.2 Å². The largest absolute Gasteiger partial charge is 0.496 e. The molecule has 0 bridgehead atoms. The van der Waals surface area contributed by atoms with Crippen LogP contribution >= 0.6 is 0 Å². The highest BCUT2D eigenvalue weighted by Crippen LogP contribution is 2.40. The Kier molecular flexibility index (Phi) is 5.45. The van der Waals surface area contributed by atoms with E-state index in [0.717, 1.165) is 6.07 Å². The molecule has 1 aliphatic heterocycles. The Morgan fingerprint density at radius 3 is 2.61 bits per heavy atom. The molecule has 1 fully saturated rings. The van der Waals surface area contributed by atoms with Gasteiger partial charge >= 0.3 is 12.1 Å². The van der Waals surface area contributed by atoms with Gasteiger partial charge in [0.25, 0.3) is 0 Å².